The lowest BCUT2D eigenvalue weighted by atomic mass is 9.33. The number of carbonyl (C=O) groups is 4. The number of carbonyl (C=O) groups excluding carboxylic acids is 4. The molecule has 0 aromatic heterocycles. The van der Waals surface area contributed by atoms with E-state index >= 15 is 4.79 Å². The van der Waals surface area contributed by atoms with Gasteiger partial charge in [-0.3, -0.25) is 14.4 Å². The van der Waals surface area contributed by atoms with Crippen LogP contribution in [0.2, 0.25) is 0 Å². The number of halogens is 1. The SMILES string of the molecule is CC1O[C@@H](OC2C(O)[C@@H](NC(=O)CCCCCNC(=O)c3ccc(I)cc3)C(CO)O[C@H]2OC(=O)[C@]23CCC(C)(C)CC2C2=CCC4C5(C)CC[C@H](O)[C@](C)(C=O)[C@@H]5CCC4(C)[C@]2(C)CC3O)C(O)C(O)[C@H]1O[C@@H]1OC[C@@H](O)C(O)C1O. The molecule has 460 valence electrons. The first-order chi connectivity index (χ1) is 38.6. The van der Waals surface area contributed by atoms with E-state index in [1.54, 1.807) is 12.1 Å². The minimum atomic E-state index is -1.96. The maximum Gasteiger partial charge on any atom is 0.317 e. The maximum absolute atomic E-state index is 15.7. The number of aldehydes is 1. The molecule has 3 saturated heterocycles. The van der Waals surface area contributed by atoms with Crippen LogP contribution in [0, 0.1) is 53.8 Å². The van der Waals surface area contributed by atoms with Gasteiger partial charge in [0.25, 0.3) is 5.91 Å². The lowest BCUT2D eigenvalue weighted by Crippen LogP contribution is -2.69. The van der Waals surface area contributed by atoms with Gasteiger partial charge in [-0.25, -0.2) is 0 Å². The monoisotopic (exact) mass is 1270 g/mol. The highest BCUT2D eigenvalue weighted by atomic mass is 127. The van der Waals surface area contributed by atoms with E-state index in [0.29, 0.717) is 63.5 Å². The van der Waals surface area contributed by atoms with E-state index in [-0.39, 0.29) is 53.3 Å². The Bertz CT molecular complexity index is 2510. The van der Waals surface area contributed by atoms with E-state index < -0.39 is 145 Å². The van der Waals surface area contributed by atoms with Crippen molar-refractivity contribution in [3.8, 4) is 0 Å². The molecule has 9 rings (SSSR count). The third-order valence-electron chi connectivity index (χ3n) is 21.7. The number of hydrogen-bond donors (Lipinski definition) is 11. The second-order valence-corrected chi connectivity index (χ2v) is 28.2. The molecule has 0 radical (unpaired) electrons. The number of benzene rings is 1. The molecule has 13 unspecified atom stereocenters. The Morgan fingerprint density at radius 1 is 0.756 bits per heavy atom. The molecule has 24 atom stereocenters. The first-order valence-corrected chi connectivity index (χ1v) is 30.7. The quantitative estimate of drug-likeness (QED) is 0.0373. The smallest absolute Gasteiger partial charge is 0.317 e. The van der Waals surface area contributed by atoms with Gasteiger partial charge >= 0.3 is 5.97 Å². The summed E-state index contributed by atoms with van der Waals surface area (Å²) >= 11 is 2.16. The highest BCUT2D eigenvalue weighted by molar-refractivity contribution is 14.1. The largest absolute Gasteiger partial charge is 0.432 e. The number of allylic oxidation sites excluding steroid dienone is 2. The van der Waals surface area contributed by atoms with Crippen molar-refractivity contribution in [2.24, 2.45) is 50.2 Å². The molecular formula is C60H89IN2O19. The number of aliphatic hydroxyl groups excluding tert-OH is 9. The fourth-order valence-corrected chi connectivity index (χ4v) is 16.9. The molecule has 3 aliphatic heterocycles. The molecule has 5 aliphatic carbocycles. The van der Waals surface area contributed by atoms with Crippen molar-refractivity contribution in [1.29, 1.82) is 0 Å². The van der Waals surface area contributed by atoms with Gasteiger partial charge in [0, 0.05) is 22.1 Å². The summed E-state index contributed by atoms with van der Waals surface area (Å²) in [6.45, 7) is 13.6. The lowest BCUT2D eigenvalue weighted by Gasteiger charge is -2.71. The summed E-state index contributed by atoms with van der Waals surface area (Å²) in [5.74, 6) is -2.06. The maximum atomic E-state index is 15.7. The Hall–Kier alpha value is -2.79. The zero-order chi connectivity index (χ0) is 59.6. The summed E-state index contributed by atoms with van der Waals surface area (Å²) in [4.78, 5) is 54.8. The second-order valence-electron chi connectivity index (χ2n) is 26.9. The molecule has 1 aromatic rings. The normalized spacial score (nSPS) is 46.1. The zero-order valence-electron chi connectivity index (χ0n) is 48.2. The van der Waals surface area contributed by atoms with Crippen molar-refractivity contribution in [1.82, 2.24) is 10.6 Å². The lowest BCUT2D eigenvalue weighted by molar-refractivity contribution is -0.370. The van der Waals surface area contributed by atoms with Gasteiger partial charge in [-0.05, 0) is 164 Å². The minimum absolute atomic E-state index is 0.0188. The van der Waals surface area contributed by atoms with Crippen molar-refractivity contribution in [2.45, 2.75) is 230 Å². The molecule has 1 aromatic carbocycles. The Labute approximate surface area is 493 Å². The first kappa shape index (κ1) is 63.7. The number of amides is 2. The molecule has 22 heteroatoms. The topological polar surface area (TPSA) is 330 Å². The van der Waals surface area contributed by atoms with E-state index in [4.69, 9.17) is 28.4 Å². The number of hydrogen-bond acceptors (Lipinski definition) is 19. The minimum Gasteiger partial charge on any atom is -0.432 e. The van der Waals surface area contributed by atoms with Gasteiger partial charge in [-0.2, -0.15) is 0 Å². The van der Waals surface area contributed by atoms with Gasteiger partial charge in [0.15, 0.2) is 18.7 Å². The Morgan fingerprint density at radius 2 is 1.45 bits per heavy atom. The molecule has 8 aliphatic rings. The average Bonchev–Trinajstić information content (AvgIpc) is 3.61. The molecule has 3 heterocycles. The molecule has 21 nitrogen and oxygen atoms in total. The van der Waals surface area contributed by atoms with Crippen molar-refractivity contribution in [3.63, 3.8) is 0 Å². The van der Waals surface area contributed by atoms with Gasteiger partial charge in [0.1, 0.15) is 60.5 Å². The summed E-state index contributed by atoms with van der Waals surface area (Å²) in [6.07, 6.45) is -13.8. The summed E-state index contributed by atoms with van der Waals surface area (Å²) in [7, 11) is 0. The number of fused-ring (bicyclic) bond motifs is 7. The van der Waals surface area contributed by atoms with Gasteiger partial charge in [0.05, 0.1) is 43.0 Å². The second kappa shape index (κ2) is 24.4. The first-order valence-electron chi connectivity index (χ1n) is 29.6. The molecular weight excluding hydrogens is 1180 g/mol. The summed E-state index contributed by atoms with van der Waals surface area (Å²) in [5.41, 5.74) is -2.41. The van der Waals surface area contributed by atoms with Crippen LogP contribution in [-0.4, -0.2) is 188 Å². The van der Waals surface area contributed by atoms with Crippen LogP contribution < -0.4 is 10.6 Å². The Morgan fingerprint density at radius 3 is 2.15 bits per heavy atom. The Balaban J connectivity index is 0.963. The van der Waals surface area contributed by atoms with Gasteiger partial charge in [0.2, 0.25) is 12.2 Å². The summed E-state index contributed by atoms with van der Waals surface area (Å²) in [5, 5.41) is 107. The van der Waals surface area contributed by atoms with Gasteiger partial charge < -0.3 is 89.8 Å². The van der Waals surface area contributed by atoms with Crippen molar-refractivity contribution < 1.29 is 93.6 Å². The van der Waals surface area contributed by atoms with Crippen molar-refractivity contribution in [2.75, 3.05) is 19.8 Å². The van der Waals surface area contributed by atoms with Crippen LogP contribution in [0.1, 0.15) is 142 Å². The van der Waals surface area contributed by atoms with Gasteiger partial charge in [-0.15, -0.1) is 0 Å². The van der Waals surface area contributed by atoms with Crippen LogP contribution >= 0.6 is 22.6 Å². The van der Waals surface area contributed by atoms with E-state index in [2.05, 4.69) is 73.9 Å². The van der Waals surface area contributed by atoms with Crippen molar-refractivity contribution in [3.05, 3.63) is 45.0 Å². The predicted octanol–water partition coefficient (Wildman–Crippen LogP) is 2.68. The highest BCUT2D eigenvalue weighted by Gasteiger charge is 2.72. The standard InChI is InChI=1S/C60H89IN2O19/c1-30-48(80-51-46(73)43(70)35(66)28-77-51)45(72)47(74)52(78-30)81-49-44(71)42(63-41(69)11-9-8-10-24-62-50(75)31-12-14-32(61)15-13-31)36(27-64)79-53(49)82-54(76)60-23-22-55(2,3)25-34(60)33-16-17-38-56(4)20-19-39(67)57(5,29-65)37(56)18-21-58(38,6)59(33,7)26-40(60)68/h12-16,29-30,34-40,42-49,51-53,64,66-68,70-74H,8-11,17-28H2,1-7H3,(H,62,75)(H,63,69)/t30?,34?,35-,36?,37-,38?,39+,40?,42+,43?,44?,45?,46?,47?,48+,49?,51+,52+,53+,56?,57-,58?,59-,60-/m1/s1. The average molecular weight is 1270 g/mol. The zero-order valence-corrected chi connectivity index (χ0v) is 50.4. The van der Waals surface area contributed by atoms with E-state index in [1.807, 2.05) is 19.1 Å². The molecule has 7 fully saturated rings. The molecule has 4 saturated carbocycles. The number of nitrogens with one attached hydrogen (secondary N) is 2. The molecule has 11 N–H and O–H groups in total. The fraction of sp³-hybridized carbons (Fsp3) is 0.800. The van der Waals surface area contributed by atoms with Crippen LogP contribution in [0.15, 0.2) is 35.9 Å². The van der Waals surface area contributed by atoms with Crippen molar-refractivity contribution >= 4 is 46.7 Å². The highest BCUT2D eigenvalue weighted by Crippen LogP contribution is 2.76. The van der Waals surface area contributed by atoms with Crippen LogP contribution in [0.3, 0.4) is 0 Å². The number of rotatable bonds is 16. The Kier molecular flexibility index (Phi) is 19.0. The van der Waals surface area contributed by atoms with Gasteiger partial charge in [-0.1, -0.05) is 59.6 Å². The third kappa shape index (κ3) is 11.3. The van der Waals surface area contributed by atoms with E-state index in [1.165, 1.54) is 6.92 Å². The van der Waals surface area contributed by atoms with Crippen LogP contribution in [0.25, 0.3) is 0 Å². The number of ether oxygens (including phenoxy) is 6. The molecule has 0 spiro atoms. The molecule has 2 amide bonds. The third-order valence-corrected chi connectivity index (χ3v) is 22.4. The fourth-order valence-electron chi connectivity index (χ4n) is 16.6. The molecule has 0 bridgehead atoms. The summed E-state index contributed by atoms with van der Waals surface area (Å²) in [6, 6.07) is 5.76. The predicted molar refractivity (Wildman–Crippen MR) is 300 cm³/mol. The summed E-state index contributed by atoms with van der Waals surface area (Å²) < 4.78 is 37.5. The van der Waals surface area contributed by atoms with Crippen LogP contribution in [0.5, 0.6) is 0 Å². The number of unbranched alkanes of at least 4 members (excludes halogenated alkanes) is 2. The van der Waals surface area contributed by atoms with E-state index in [9.17, 15) is 60.3 Å². The number of esters is 1. The molecule has 82 heavy (non-hydrogen) atoms. The van der Waals surface area contributed by atoms with Crippen LogP contribution in [-0.2, 0) is 42.8 Å². The van der Waals surface area contributed by atoms with E-state index in [0.717, 1.165) is 28.3 Å². The number of aliphatic hydroxyl groups is 9. The van der Waals surface area contributed by atoms with Crippen LogP contribution in [0.4, 0.5) is 0 Å².